The number of benzene rings is 1. The Morgan fingerprint density at radius 3 is 2.44 bits per heavy atom. The van der Waals surface area contributed by atoms with Crippen molar-refractivity contribution in [1.82, 2.24) is 0 Å². The largest absolute Gasteiger partial charge is 0.377 e. The second kappa shape index (κ2) is 6.62. The molecule has 1 aromatic rings. The van der Waals surface area contributed by atoms with Crippen LogP contribution in [0.5, 0.6) is 0 Å². The third kappa shape index (κ3) is 6.55. The summed E-state index contributed by atoms with van der Waals surface area (Å²) in [5.41, 5.74) is 1.12. The molecule has 0 unspecified atom stereocenters. The molecule has 0 radical (unpaired) electrons. The van der Waals surface area contributed by atoms with Gasteiger partial charge in [0.1, 0.15) is 0 Å². The zero-order chi connectivity index (χ0) is 11.9. The monoisotopic (exact) mass is 243 g/mol. The molecule has 0 saturated heterocycles. The molecule has 0 fully saturated rings. The predicted octanol–water partition coefficient (Wildman–Crippen LogP) is 1.27. The number of ether oxygens (including phenoxy) is 1. The highest BCUT2D eigenvalue weighted by Crippen LogP contribution is 2.01. The van der Waals surface area contributed by atoms with E-state index in [1.807, 2.05) is 30.3 Å². The Bertz CT molecular complexity index is 389. The molecule has 0 amide bonds. The summed E-state index contributed by atoms with van der Waals surface area (Å²) in [6.45, 7) is 1.13. The SMILES string of the molecule is NS(=O)(=O)CCCCOCc1ccccc1. The molecule has 4 nitrogen and oxygen atoms in total. The fraction of sp³-hybridized carbons (Fsp3) is 0.455. The molecule has 0 saturated carbocycles. The quantitative estimate of drug-likeness (QED) is 0.733. The zero-order valence-electron chi connectivity index (χ0n) is 9.13. The van der Waals surface area contributed by atoms with Crippen molar-refractivity contribution in [3.8, 4) is 0 Å². The molecule has 1 aromatic carbocycles. The normalized spacial score (nSPS) is 11.6. The molecule has 16 heavy (non-hydrogen) atoms. The first kappa shape index (κ1) is 13.2. The smallest absolute Gasteiger partial charge is 0.209 e. The van der Waals surface area contributed by atoms with Gasteiger partial charge >= 0.3 is 0 Å². The van der Waals surface area contributed by atoms with Crippen molar-refractivity contribution in [2.45, 2.75) is 19.4 Å². The lowest BCUT2D eigenvalue weighted by atomic mass is 10.2. The summed E-state index contributed by atoms with van der Waals surface area (Å²) in [5.74, 6) is 0.0295. The third-order valence-corrected chi connectivity index (χ3v) is 2.94. The Morgan fingerprint density at radius 1 is 1.12 bits per heavy atom. The van der Waals surface area contributed by atoms with Gasteiger partial charge in [0.15, 0.2) is 0 Å². The molecular formula is C11H17NO3S. The van der Waals surface area contributed by atoms with Crippen LogP contribution in [-0.2, 0) is 21.4 Å². The van der Waals surface area contributed by atoms with Crippen molar-refractivity contribution in [3.63, 3.8) is 0 Å². The van der Waals surface area contributed by atoms with Crippen molar-refractivity contribution >= 4 is 10.0 Å². The molecular weight excluding hydrogens is 226 g/mol. The maximum atomic E-state index is 10.6. The Hall–Kier alpha value is -0.910. The van der Waals surface area contributed by atoms with Gasteiger partial charge in [-0.25, -0.2) is 13.6 Å². The summed E-state index contributed by atoms with van der Waals surface area (Å²) >= 11 is 0. The topological polar surface area (TPSA) is 69.4 Å². The van der Waals surface area contributed by atoms with E-state index in [4.69, 9.17) is 9.88 Å². The van der Waals surface area contributed by atoms with Crippen molar-refractivity contribution in [1.29, 1.82) is 0 Å². The molecule has 2 N–H and O–H groups in total. The molecule has 1 rings (SSSR count). The van der Waals surface area contributed by atoms with Crippen molar-refractivity contribution < 1.29 is 13.2 Å². The van der Waals surface area contributed by atoms with E-state index < -0.39 is 10.0 Å². The van der Waals surface area contributed by atoms with Gasteiger partial charge in [-0.15, -0.1) is 0 Å². The Labute approximate surface area is 96.5 Å². The van der Waals surface area contributed by atoms with Crippen LogP contribution in [0.2, 0.25) is 0 Å². The van der Waals surface area contributed by atoms with Gasteiger partial charge < -0.3 is 4.74 Å². The van der Waals surface area contributed by atoms with E-state index in [9.17, 15) is 8.42 Å². The summed E-state index contributed by atoms with van der Waals surface area (Å²) in [5, 5.41) is 4.87. The summed E-state index contributed by atoms with van der Waals surface area (Å²) < 4.78 is 26.6. The average molecular weight is 243 g/mol. The number of sulfonamides is 1. The van der Waals surface area contributed by atoms with E-state index in [1.54, 1.807) is 0 Å². The highest BCUT2D eigenvalue weighted by Gasteiger charge is 2.01. The lowest BCUT2D eigenvalue weighted by molar-refractivity contribution is 0.118. The first-order valence-electron chi connectivity index (χ1n) is 5.20. The number of unbranched alkanes of at least 4 members (excludes halogenated alkanes) is 1. The fourth-order valence-corrected chi connectivity index (χ4v) is 1.88. The van der Waals surface area contributed by atoms with Gasteiger partial charge in [-0.2, -0.15) is 0 Å². The number of hydrogen-bond donors (Lipinski definition) is 1. The van der Waals surface area contributed by atoms with Crippen LogP contribution in [0, 0.1) is 0 Å². The lowest BCUT2D eigenvalue weighted by Gasteiger charge is -2.03. The third-order valence-electron chi connectivity index (χ3n) is 2.08. The first-order valence-corrected chi connectivity index (χ1v) is 6.91. The van der Waals surface area contributed by atoms with Crippen LogP contribution in [0.4, 0.5) is 0 Å². The van der Waals surface area contributed by atoms with Crippen LogP contribution < -0.4 is 5.14 Å². The summed E-state index contributed by atoms with van der Waals surface area (Å²) in [6.07, 6.45) is 1.26. The molecule has 5 heteroatoms. The molecule has 0 spiro atoms. The van der Waals surface area contributed by atoms with Gasteiger partial charge in [-0.3, -0.25) is 0 Å². The van der Waals surface area contributed by atoms with Gasteiger partial charge in [0.2, 0.25) is 10.0 Å². The summed E-state index contributed by atoms with van der Waals surface area (Å²) in [7, 11) is -3.32. The van der Waals surface area contributed by atoms with Crippen molar-refractivity contribution in [2.75, 3.05) is 12.4 Å². The Morgan fingerprint density at radius 2 is 1.81 bits per heavy atom. The molecule has 0 atom stereocenters. The number of primary sulfonamides is 1. The highest BCUT2D eigenvalue weighted by molar-refractivity contribution is 7.89. The lowest BCUT2D eigenvalue weighted by Crippen LogP contribution is -2.16. The van der Waals surface area contributed by atoms with E-state index in [1.165, 1.54) is 0 Å². The standard InChI is InChI=1S/C11H17NO3S/c12-16(13,14)9-5-4-8-15-10-11-6-2-1-3-7-11/h1-3,6-7H,4-5,8-10H2,(H2,12,13,14). The van der Waals surface area contributed by atoms with Crippen LogP contribution in [0.15, 0.2) is 30.3 Å². The molecule has 0 bridgehead atoms. The van der Waals surface area contributed by atoms with Gasteiger partial charge in [0, 0.05) is 6.61 Å². The predicted molar refractivity (Wildman–Crippen MR) is 63.3 cm³/mol. The van der Waals surface area contributed by atoms with Crippen LogP contribution in [0.3, 0.4) is 0 Å². The van der Waals surface area contributed by atoms with E-state index in [2.05, 4.69) is 0 Å². The fourth-order valence-electron chi connectivity index (χ4n) is 1.27. The minimum Gasteiger partial charge on any atom is -0.377 e. The maximum Gasteiger partial charge on any atom is 0.209 e. The molecule has 0 aromatic heterocycles. The van der Waals surface area contributed by atoms with Crippen LogP contribution >= 0.6 is 0 Å². The minimum atomic E-state index is -3.32. The zero-order valence-corrected chi connectivity index (χ0v) is 9.95. The molecule has 0 heterocycles. The van der Waals surface area contributed by atoms with E-state index >= 15 is 0 Å². The van der Waals surface area contributed by atoms with E-state index in [0.717, 1.165) is 5.56 Å². The van der Waals surface area contributed by atoms with Crippen molar-refractivity contribution in [2.24, 2.45) is 5.14 Å². The van der Waals surface area contributed by atoms with Gasteiger partial charge in [0.05, 0.1) is 12.4 Å². The molecule has 90 valence electrons. The minimum absolute atomic E-state index is 0.0295. The van der Waals surface area contributed by atoms with Crippen LogP contribution in [0.1, 0.15) is 18.4 Å². The molecule has 0 aliphatic carbocycles. The number of nitrogens with two attached hydrogens (primary N) is 1. The Balaban J connectivity index is 2.05. The second-order valence-electron chi connectivity index (χ2n) is 3.61. The number of hydrogen-bond acceptors (Lipinski definition) is 3. The van der Waals surface area contributed by atoms with Crippen LogP contribution in [-0.4, -0.2) is 20.8 Å². The first-order chi connectivity index (χ1) is 7.58. The highest BCUT2D eigenvalue weighted by atomic mass is 32.2. The Kier molecular flexibility index (Phi) is 5.45. The van der Waals surface area contributed by atoms with E-state index in [-0.39, 0.29) is 5.75 Å². The van der Waals surface area contributed by atoms with E-state index in [0.29, 0.717) is 26.1 Å². The molecule has 0 aliphatic rings. The maximum absolute atomic E-state index is 10.6. The van der Waals surface area contributed by atoms with Gasteiger partial charge in [-0.05, 0) is 18.4 Å². The molecule has 0 aliphatic heterocycles. The summed E-state index contributed by atoms with van der Waals surface area (Å²) in [4.78, 5) is 0. The average Bonchev–Trinajstić information content (AvgIpc) is 2.23. The summed E-state index contributed by atoms with van der Waals surface area (Å²) in [6, 6.07) is 9.85. The number of rotatable bonds is 7. The van der Waals surface area contributed by atoms with Crippen molar-refractivity contribution in [3.05, 3.63) is 35.9 Å². The van der Waals surface area contributed by atoms with Gasteiger partial charge in [0.25, 0.3) is 0 Å². The van der Waals surface area contributed by atoms with Gasteiger partial charge in [-0.1, -0.05) is 30.3 Å². The second-order valence-corrected chi connectivity index (χ2v) is 5.35. The van der Waals surface area contributed by atoms with Crippen LogP contribution in [0.25, 0.3) is 0 Å².